The molecule has 0 radical (unpaired) electrons. The molecule has 4 aromatic rings. The summed E-state index contributed by atoms with van der Waals surface area (Å²) < 4.78 is 20.9. The van der Waals surface area contributed by atoms with Crippen molar-refractivity contribution in [2.45, 2.75) is 0 Å². The molecular formula is C34H44Cl2N2O4Ti-2. The molecule has 6 nitrogen and oxygen atoms in total. The number of para-hydroxylation sites is 2. The van der Waals surface area contributed by atoms with E-state index in [9.17, 15) is 0 Å². The molecule has 0 heterocycles. The topological polar surface area (TPSA) is 43.4 Å². The Hall–Kier alpha value is -2.13. The van der Waals surface area contributed by atoms with E-state index in [0.717, 1.165) is 26.2 Å². The average molecular weight is 664 g/mol. The van der Waals surface area contributed by atoms with Crippen molar-refractivity contribution < 1.29 is 36.0 Å². The molecule has 0 spiro atoms. The predicted molar refractivity (Wildman–Crippen MR) is 179 cm³/mol. The van der Waals surface area contributed by atoms with E-state index < -0.39 is 17.0 Å². The van der Waals surface area contributed by atoms with Crippen LogP contribution in [-0.2, 0) is 36.0 Å². The average Bonchev–Trinajstić information content (AvgIpc) is 3.78. The van der Waals surface area contributed by atoms with Crippen LogP contribution in [0.3, 0.4) is 0 Å². The summed E-state index contributed by atoms with van der Waals surface area (Å²) in [5.41, 5.74) is 7.47. The van der Waals surface area contributed by atoms with Crippen molar-refractivity contribution >= 4 is 30.0 Å². The fourth-order valence-electron chi connectivity index (χ4n) is 4.61. The van der Waals surface area contributed by atoms with Crippen molar-refractivity contribution in [1.82, 2.24) is 0 Å². The second kappa shape index (κ2) is 23.3. The van der Waals surface area contributed by atoms with Gasteiger partial charge in [-0.15, -0.1) is 36.4 Å². The summed E-state index contributed by atoms with van der Waals surface area (Å²) >= 11 is -0.556. The van der Waals surface area contributed by atoms with E-state index >= 15 is 0 Å². The second-order valence-electron chi connectivity index (χ2n) is 9.40. The maximum absolute atomic E-state index is 5.22. The third kappa shape index (κ3) is 13.2. The van der Waals surface area contributed by atoms with Crippen LogP contribution < -0.4 is 9.80 Å². The van der Waals surface area contributed by atoms with Crippen LogP contribution in [0, 0.1) is 0 Å². The molecule has 4 aromatic carbocycles. The summed E-state index contributed by atoms with van der Waals surface area (Å²) in [6.07, 6.45) is 0. The SMILES string of the molecule is COCCN(CCOC)c1ccccc1-[c-]1cccc1.COCCN(CCOC)c1ccccc1-[c-]1cccc1.[Cl][Ti][Cl]. The number of ether oxygens (including phenoxy) is 4. The molecule has 0 atom stereocenters. The zero-order chi connectivity index (χ0) is 31.1. The Labute approximate surface area is 274 Å². The molecule has 234 valence electrons. The molecule has 0 N–H and O–H groups in total. The van der Waals surface area contributed by atoms with E-state index in [1.54, 1.807) is 28.4 Å². The van der Waals surface area contributed by atoms with E-state index in [2.05, 4.69) is 107 Å². The van der Waals surface area contributed by atoms with Gasteiger partial charge in [0.2, 0.25) is 0 Å². The molecule has 0 fully saturated rings. The first kappa shape index (κ1) is 37.1. The number of hydrogen-bond donors (Lipinski definition) is 0. The first-order valence-corrected chi connectivity index (χ1v) is 18.5. The van der Waals surface area contributed by atoms with E-state index in [4.69, 9.17) is 37.6 Å². The van der Waals surface area contributed by atoms with Gasteiger partial charge in [0.1, 0.15) is 0 Å². The van der Waals surface area contributed by atoms with Crippen LogP contribution in [0.1, 0.15) is 0 Å². The number of hydrogen-bond acceptors (Lipinski definition) is 6. The van der Waals surface area contributed by atoms with Gasteiger partial charge >= 0.3 is 35.6 Å². The predicted octanol–water partition coefficient (Wildman–Crippen LogP) is 7.72. The third-order valence-corrected chi connectivity index (χ3v) is 6.70. The van der Waals surface area contributed by atoms with Crippen LogP contribution in [0.25, 0.3) is 22.3 Å². The Kier molecular flexibility index (Phi) is 20.1. The minimum atomic E-state index is -0.556. The molecule has 0 aliphatic rings. The van der Waals surface area contributed by atoms with Crippen molar-refractivity contribution in [3.8, 4) is 22.3 Å². The summed E-state index contributed by atoms with van der Waals surface area (Å²) in [4.78, 5) is 4.63. The maximum atomic E-state index is 5.22. The van der Waals surface area contributed by atoms with Gasteiger partial charge in [0.25, 0.3) is 0 Å². The van der Waals surface area contributed by atoms with Gasteiger partial charge in [0.15, 0.2) is 0 Å². The number of rotatable bonds is 16. The van der Waals surface area contributed by atoms with Crippen LogP contribution in [0.4, 0.5) is 11.4 Å². The first-order valence-electron chi connectivity index (χ1n) is 14.2. The van der Waals surface area contributed by atoms with Crippen molar-refractivity contribution in [2.75, 3.05) is 90.8 Å². The fraction of sp³-hybridized carbons (Fsp3) is 0.353. The van der Waals surface area contributed by atoms with Crippen LogP contribution in [0.15, 0.2) is 97.1 Å². The van der Waals surface area contributed by atoms with Crippen molar-refractivity contribution in [3.05, 3.63) is 97.1 Å². The molecule has 0 saturated heterocycles. The Balaban J connectivity index is 0.000000275. The van der Waals surface area contributed by atoms with Gasteiger partial charge in [0, 0.05) is 54.6 Å². The minimum absolute atomic E-state index is 0.556. The number of methoxy groups -OCH3 is 4. The van der Waals surface area contributed by atoms with Gasteiger partial charge in [-0.25, -0.2) is 0 Å². The van der Waals surface area contributed by atoms with E-state index in [1.165, 1.54) is 33.6 Å². The normalized spacial score (nSPS) is 10.3. The van der Waals surface area contributed by atoms with Gasteiger partial charge in [-0.1, -0.05) is 58.7 Å². The van der Waals surface area contributed by atoms with E-state index in [0.29, 0.717) is 26.4 Å². The van der Waals surface area contributed by atoms with Crippen LogP contribution >= 0.6 is 18.6 Å². The van der Waals surface area contributed by atoms with Gasteiger partial charge < -0.3 is 28.7 Å². The monoisotopic (exact) mass is 662 g/mol. The summed E-state index contributed by atoms with van der Waals surface area (Å²) in [7, 11) is 16.7. The Bertz CT molecular complexity index is 1100. The molecule has 4 rings (SSSR count). The van der Waals surface area contributed by atoms with Crippen molar-refractivity contribution in [1.29, 1.82) is 0 Å². The molecule has 9 heteroatoms. The molecule has 0 saturated carbocycles. The summed E-state index contributed by atoms with van der Waals surface area (Å²) in [6.45, 7) is 6.26. The quantitative estimate of drug-likeness (QED) is 0.0904. The zero-order valence-electron chi connectivity index (χ0n) is 25.7. The van der Waals surface area contributed by atoms with Gasteiger partial charge in [-0.05, 0) is 11.4 Å². The first-order chi connectivity index (χ1) is 21.1. The van der Waals surface area contributed by atoms with Gasteiger partial charge in [-0.3, -0.25) is 0 Å². The summed E-state index contributed by atoms with van der Waals surface area (Å²) in [5, 5.41) is 0. The summed E-state index contributed by atoms with van der Waals surface area (Å²) in [6, 6.07) is 33.8. The second-order valence-corrected chi connectivity index (χ2v) is 12.0. The third-order valence-electron chi connectivity index (χ3n) is 6.70. The van der Waals surface area contributed by atoms with E-state index in [-0.39, 0.29) is 0 Å². The molecule has 0 bridgehead atoms. The van der Waals surface area contributed by atoms with E-state index in [1.807, 2.05) is 0 Å². The number of halogens is 2. The number of anilines is 2. The Morgan fingerprint density at radius 1 is 0.512 bits per heavy atom. The molecule has 0 amide bonds. The molecule has 0 aliphatic carbocycles. The van der Waals surface area contributed by atoms with Crippen molar-refractivity contribution in [3.63, 3.8) is 0 Å². The zero-order valence-corrected chi connectivity index (χ0v) is 28.8. The molecule has 0 unspecified atom stereocenters. The van der Waals surface area contributed by atoms with Crippen molar-refractivity contribution in [2.24, 2.45) is 0 Å². The van der Waals surface area contributed by atoms with Crippen LogP contribution in [0.5, 0.6) is 0 Å². The fourth-order valence-corrected chi connectivity index (χ4v) is 4.61. The molecule has 0 aromatic heterocycles. The Morgan fingerprint density at radius 3 is 1.07 bits per heavy atom. The van der Waals surface area contributed by atoms with Gasteiger partial charge in [0.05, 0.1) is 26.4 Å². The Morgan fingerprint density at radius 2 is 0.791 bits per heavy atom. The molecule has 0 aliphatic heterocycles. The molecular weight excluding hydrogens is 619 g/mol. The van der Waals surface area contributed by atoms with Crippen LogP contribution in [-0.4, -0.2) is 81.0 Å². The number of benzene rings is 2. The number of nitrogens with zero attached hydrogens (tertiary/aromatic N) is 2. The standard InChI is InChI=1S/2C17H22NO2.2ClH.Ti/c2*1-19-13-11-18(12-14-20-2)17-10-6-5-9-16(17)15-7-3-4-8-15;;;/h2*3-10H,11-14H2,1-2H3;2*1H;/q2*-1;;;+2/p-2. The van der Waals surface area contributed by atoms with Gasteiger partial charge in [-0.2, -0.15) is 24.3 Å². The molecule has 43 heavy (non-hydrogen) atoms. The van der Waals surface area contributed by atoms with Crippen LogP contribution in [0.2, 0.25) is 0 Å². The summed E-state index contributed by atoms with van der Waals surface area (Å²) in [5.74, 6) is 0.